The number of nitrogens with zero attached hydrogens (tertiary/aromatic N) is 5. The maximum absolute atomic E-state index is 12.6. The number of piperazine rings is 1. The molecule has 8 nitrogen and oxygen atoms in total. The second-order valence-corrected chi connectivity index (χ2v) is 6.84. The summed E-state index contributed by atoms with van der Waals surface area (Å²) < 4.78 is 5.29. The van der Waals surface area contributed by atoms with Gasteiger partial charge in [-0.1, -0.05) is 12.1 Å². The minimum atomic E-state index is -0.111. The van der Waals surface area contributed by atoms with Gasteiger partial charge in [0.1, 0.15) is 17.4 Å². The maximum atomic E-state index is 12.6. The molecule has 1 aromatic rings. The highest BCUT2D eigenvalue weighted by Crippen LogP contribution is 2.24. The van der Waals surface area contributed by atoms with Crippen LogP contribution in [0.3, 0.4) is 0 Å². The van der Waals surface area contributed by atoms with Crippen molar-refractivity contribution in [3.8, 4) is 5.75 Å². The molecule has 27 heavy (non-hydrogen) atoms. The Hall–Kier alpha value is -3.03. The number of fused-ring (bicyclic) bond motifs is 1. The fourth-order valence-electron chi connectivity index (χ4n) is 3.48. The highest BCUT2D eigenvalue weighted by atomic mass is 16.5. The quantitative estimate of drug-likeness (QED) is 0.884. The number of amides is 2. The zero-order valence-electron chi connectivity index (χ0n) is 15.6. The minimum Gasteiger partial charge on any atom is -0.495 e. The average Bonchev–Trinajstić information content (AvgIpc) is 3.07. The molecule has 0 bridgehead atoms. The molecule has 0 aliphatic carbocycles. The van der Waals surface area contributed by atoms with E-state index in [0.29, 0.717) is 30.6 Å². The number of benzene rings is 1. The highest BCUT2D eigenvalue weighted by Gasteiger charge is 2.27. The van der Waals surface area contributed by atoms with Gasteiger partial charge in [-0.25, -0.2) is 9.79 Å². The topological polar surface area (TPSA) is 72.8 Å². The zero-order valence-corrected chi connectivity index (χ0v) is 15.6. The molecule has 1 saturated heterocycles. The Morgan fingerprint density at radius 2 is 2.00 bits per heavy atom. The van der Waals surface area contributed by atoms with Crippen LogP contribution in [0.5, 0.6) is 5.75 Å². The van der Waals surface area contributed by atoms with E-state index >= 15 is 0 Å². The molecule has 0 unspecified atom stereocenters. The molecule has 4 rings (SSSR count). The van der Waals surface area contributed by atoms with Crippen molar-refractivity contribution < 1.29 is 9.53 Å². The van der Waals surface area contributed by atoms with Crippen LogP contribution in [0.4, 0.5) is 10.5 Å². The number of rotatable bonds is 3. The average molecular weight is 368 g/mol. The third-order valence-corrected chi connectivity index (χ3v) is 4.93. The summed E-state index contributed by atoms with van der Waals surface area (Å²) in [4.78, 5) is 27.9. The van der Waals surface area contributed by atoms with E-state index in [9.17, 15) is 4.79 Å². The van der Waals surface area contributed by atoms with E-state index in [0.717, 1.165) is 31.3 Å². The first-order valence-electron chi connectivity index (χ1n) is 9.18. The Kier molecular flexibility index (Phi) is 4.70. The molecule has 0 radical (unpaired) electrons. The molecule has 2 amide bonds. The molecule has 1 fully saturated rings. The summed E-state index contributed by atoms with van der Waals surface area (Å²) in [5.41, 5.74) is 0.681. The van der Waals surface area contributed by atoms with E-state index in [1.807, 2.05) is 41.6 Å². The van der Waals surface area contributed by atoms with E-state index in [-0.39, 0.29) is 6.03 Å². The number of hydrogen-bond acceptors (Lipinski definition) is 6. The lowest BCUT2D eigenvalue weighted by atomic mass is 10.3. The van der Waals surface area contributed by atoms with Crippen molar-refractivity contribution in [2.24, 2.45) is 9.98 Å². The Labute approximate surface area is 158 Å². The molecule has 1 aromatic carbocycles. The molecule has 3 heterocycles. The summed E-state index contributed by atoms with van der Waals surface area (Å²) in [7, 11) is 1.60. The van der Waals surface area contributed by atoms with Crippen molar-refractivity contribution >= 4 is 23.9 Å². The van der Waals surface area contributed by atoms with Crippen molar-refractivity contribution in [3.63, 3.8) is 0 Å². The lowest BCUT2D eigenvalue weighted by molar-refractivity contribution is 0.166. The highest BCUT2D eigenvalue weighted by molar-refractivity contribution is 6.03. The number of hydrogen-bond donors (Lipinski definition) is 1. The number of urea groups is 1. The second kappa shape index (κ2) is 7.30. The Morgan fingerprint density at radius 1 is 1.22 bits per heavy atom. The standard InChI is InChI=1S/C19H24N6O2/c1-14-12-25-13-20-17(11-18(25)21-14)23-7-9-24(10-8-23)19(26)22-15-5-3-4-6-16(15)27-2/h3-6,11,13-14H,7-10,12H2,1-2H3,(H,22,26)/t14-/m1/s1. The second-order valence-electron chi connectivity index (χ2n) is 6.84. The fourth-order valence-corrected chi connectivity index (χ4v) is 3.48. The smallest absolute Gasteiger partial charge is 0.322 e. The molecule has 0 aromatic heterocycles. The predicted molar refractivity (Wildman–Crippen MR) is 105 cm³/mol. The normalized spacial score (nSPS) is 21.6. The molecule has 3 aliphatic rings. The molecule has 142 valence electrons. The molecular formula is C19H24N6O2. The number of carbonyl (C=O) groups is 1. The number of amidine groups is 1. The third-order valence-electron chi connectivity index (χ3n) is 4.93. The van der Waals surface area contributed by atoms with Gasteiger partial charge in [-0.3, -0.25) is 4.99 Å². The third kappa shape index (κ3) is 3.60. The summed E-state index contributed by atoms with van der Waals surface area (Å²) in [5, 5.41) is 2.93. The van der Waals surface area contributed by atoms with Gasteiger partial charge in [-0.2, -0.15) is 0 Å². The van der Waals surface area contributed by atoms with Crippen LogP contribution < -0.4 is 10.1 Å². The Morgan fingerprint density at radius 3 is 2.78 bits per heavy atom. The van der Waals surface area contributed by atoms with Crippen LogP contribution in [0.15, 0.2) is 46.1 Å². The summed E-state index contributed by atoms with van der Waals surface area (Å²) in [6.45, 7) is 5.75. The predicted octanol–water partition coefficient (Wildman–Crippen LogP) is 1.83. The fraction of sp³-hybridized carbons (Fsp3) is 0.421. The number of anilines is 1. The van der Waals surface area contributed by atoms with Crippen molar-refractivity contribution in [2.45, 2.75) is 13.0 Å². The van der Waals surface area contributed by atoms with E-state index in [1.165, 1.54) is 0 Å². The van der Waals surface area contributed by atoms with Crippen molar-refractivity contribution in [2.75, 3.05) is 45.2 Å². The molecule has 3 aliphatic heterocycles. The zero-order chi connectivity index (χ0) is 18.8. The lowest BCUT2D eigenvalue weighted by Crippen LogP contribution is -2.50. The van der Waals surface area contributed by atoms with Gasteiger partial charge in [-0.15, -0.1) is 0 Å². The number of carbonyl (C=O) groups excluding carboxylic acids is 1. The first kappa shape index (κ1) is 17.4. The number of para-hydroxylation sites is 2. The van der Waals surface area contributed by atoms with Crippen LogP contribution in [-0.4, -0.2) is 78.8 Å². The van der Waals surface area contributed by atoms with E-state index in [4.69, 9.17) is 4.74 Å². The lowest BCUT2D eigenvalue weighted by Gasteiger charge is -2.36. The SMILES string of the molecule is COc1ccccc1NC(=O)N1CCN(C2=CC3=N[C@H](C)CN3C=N2)CC1. The molecule has 0 spiro atoms. The van der Waals surface area contributed by atoms with E-state index < -0.39 is 0 Å². The van der Waals surface area contributed by atoms with E-state index in [1.54, 1.807) is 7.11 Å². The molecule has 1 atom stereocenters. The summed E-state index contributed by atoms with van der Waals surface area (Å²) >= 11 is 0. The summed E-state index contributed by atoms with van der Waals surface area (Å²) in [6.07, 6.45) is 3.90. The molecule has 8 heteroatoms. The van der Waals surface area contributed by atoms with Crippen LogP contribution in [0, 0.1) is 0 Å². The van der Waals surface area contributed by atoms with Gasteiger partial charge in [0, 0.05) is 38.8 Å². The monoisotopic (exact) mass is 368 g/mol. The van der Waals surface area contributed by atoms with Crippen LogP contribution in [0.1, 0.15) is 6.92 Å². The van der Waals surface area contributed by atoms with Crippen molar-refractivity contribution in [1.29, 1.82) is 0 Å². The number of methoxy groups -OCH3 is 1. The number of nitrogens with one attached hydrogen (secondary N) is 1. The first-order chi connectivity index (χ1) is 13.1. The van der Waals surface area contributed by atoms with Crippen LogP contribution in [0.25, 0.3) is 0 Å². The van der Waals surface area contributed by atoms with Crippen LogP contribution in [0.2, 0.25) is 0 Å². The summed E-state index contributed by atoms with van der Waals surface area (Å²) in [5.74, 6) is 2.55. The van der Waals surface area contributed by atoms with Gasteiger partial charge in [0.2, 0.25) is 0 Å². The Balaban J connectivity index is 1.35. The van der Waals surface area contributed by atoms with Crippen LogP contribution in [-0.2, 0) is 0 Å². The van der Waals surface area contributed by atoms with Gasteiger partial charge in [0.25, 0.3) is 0 Å². The van der Waals surface area contributed by atoms with Gasteiger partial charge < -0.3 is 24.8 Å². The van der Waals surface area contributed by atoms with Gasteiger partial charge in [0.05, 0.1) is 25.2 Å². The molecule has 0 saturated carbocycles. The Bertz CT molecular complexity index is 810. The first-order valence-corrected chi connectivity index (χ1v) is 9.18. The minimum absolute atomic E-state index is 0.111. The van der Waals surface area contributed by atoms with Gasteiger partial charge in [-0.05, 0) is 19.1 Å². The van der Waals surface area contributed by atoms with E-state index in [2.05, 4.69) is 32.0 Å². The maximum Gasteiger partial charge on any atom is 0.322 e. The van der Waals surface area contributed by atoms with Gasteiger partial charge >= 0.3 is 6.03 Å². The summed E-state index contributed by atoms with van der Waals surface area (Å²) in [6, 6.07) is 7.61. The molecular weight excluding hydrogens is 344 g/mol. The van der Waals surface area contributed by atoms with Crippen LogP contribution >= 0.6 is 0 Å². The number of ether oxygens (including phenoxy) is 1. The van der Waals surface area contributed by atoms with Crippen molar-refractivity contribution in [3.05, 3.63) is 36.2 Å². The number of aliphatic imine (C=N–C) groups is 2. The molecule has 1 N–H and O–H groups in total. The van der Waals surface area contributed by atoms with Gasteiger partial charge in [0.15, 0.2) is 0 Å². The largest absolute Gasteiger partial charge is 0.495 e. The van der Waals surface area contributed by atoms with Crippen molar-refractivity contribution in [1.82, 2.24) is 14.7 Å².